The van der Waals surface area contributed by atoms with Crippen molar-refractivity contribution in [2.24, 2.45) is 7.05 Å². The van der Waals surface area contributed by atoms with Crippen LogP contribution in [-0.4, -0.2) is 23.4 Å². The van der Waals surface area contributed by atoms with Crippen molar-refractivity contribution in [3.63, 3.8) is 0 Å². The number of aryl methyl sites for hydroxylation is 1. The summed E-state index contributed by atoms with van der Waals surface area (Å²) in [6, 6.07) is 0. The summed E-state index contributed by atoms with van der Waals surface area (Å²) in [5.41, 5.74) is 1.67. The zero-order valence-electron chi connectivity index (χ0n) is 9.12. The van der Waals surface area contributed by atoms with Crippen LogP contribution in [0.2, 0.25) is 0 Å². The lowest BCUT2D eigenvalue weighted by Gasteiger charge is -2.20. The molecule has 0 aliphatic heterocycles. The lowest BCUT2D eigenvalue weighted by Crippen LogP contribution is -2.26. The van der Waals surface area contributed by atoms with Crippen molar-refractivity contribution in [1.82, 2.24) is 9.78 Å². The predicted octanol–water partition coefficient (Wildman–Crippen LogP) is 1.56. The van der Waals surface area contributed by atoms with Gasteiger partial charge in [0.05, 0.1) is 11.9 Å². The molecular weight excluding hydrogens is 258 g/mol. The van der Waals surface area contributed by atoms with Crippen molar-refractivity contribution in [3.8, 4) is 0 Å². The summed E-state index contributed by atoms with van der Waals surface area (Å²) >= 11 is 3.28. The Kier molecular flexibility index (Phi) is 3.68. The molecule has 5 heteroatoms. The normalized spacial score (nSPS) is 10.1. The molecule has 0 amide bonds. The number of aromatic nitrogens is 2. The van der Waals surface area contributed by atoms with Gasteiger partial charge in [-0.2, -0.15) is 5.10 Å². The number of hydrogen-bond donors (Lipinski definition) is 0. The molecule has 0 spiro atoms. The molecule has 0 aliphatic rings. The predicted molar refractivity (Wildman–Crippen MR) is 65.3 cm³/mol. The van der Waals surface area contributed by atoms with Gasteiger partial charge in [0.15, 0.2) is 0 Å². The molecule has 1 aromatic rings. The standard InChI is InChI=1S/C10H14BrN3O/c1-7(2)6-13(3)8-5-12-14(4)10(15)9(8)11/h5H,1,6H2,2-4H3. The molecule has 0 aromatic carbocycles. The van der Waals surface area contributed by atoms with Gasteiger partial charge < -0.3 is 4.90 Å². The van der Waals surface area contributed by atoms with Crippen LogP contribution in [0.5, 0.6) is 0 Å². The summed E-state index contributed by atoms with van der Waals surface area (Å²) in [7, 11) is 3.52. The maximum atomic E-state index is 11.6. The highest BCUT2D eigenvalue weighted by atomic mass is 79.9. The molecule has 4 nitrogen and oxygen atoms in total. The van der Waals surface area contributed by atoms with E-state index in [9.17, 15) is 4.79 Å². The van der Waals surface area contributed by atoms with Gasteiger partial charge in [-0.1, -0.05) is 12.2 Å². The Morgan fingerprint density at radius 2 is 2.33 bits per heavy atom. The number of anilines is 1. The monoisotopic (exact) mass is 271 g/mol. The second-order valence-corrected chi connectivity index (χ2v) is 4.38. The first-order valence-corrected chi connectivity index (χ1v) is 5.30. The van der Waals surface area contributed by atoms with Gasteiger partial charge in [-0.3, -0.25) is 4.79 Å². The minimum absolute atomic E-state index is 0.138. The van der Waals surface area contributed by atoms with Crippen LogP contribution in [0.25, 0.3) is 0 Å². The summed E-state index contributed by atoms with van der Waals surface area (Å²) in [6.07, 6.45) is 1.66. The zero-order valence-corrected chi connectivity index (χ0v) is 10.7. The van der Waals surface area contributed by atoms with Gasteiger partial charge in [0.2, 0.25) is 0 Å². The van der Waals surface area contributed by atoms with E-state index in [0.29, 0.717) is 11.0 Å². The Morgan fingerprint density at radius 1 is 1.73 bits per heavy atom. The second kappa shape index (κ2) is 4.61. The lowest BCUT2D eigenvalue weighted by atomic mass is 10.3. The fraction of sp³-hybridized carbons (Fsp3) is 0.400. The smallest absolute Gasteiger partial charge is 0.282 e. The van der Waals surface area contributed by atoms with Gasteiger partial charge in [0.1, 0.15) is 4.47 Å². The lowest BCUT2D eigenvalue weighted by molar-refractivity contribution is 0.699. The minimum atomic E-state index is -0.138. The molecule has 0 saturated heterocycles. The van der Waals surface area contributed by atoms with E-state index in [2.05, 4.69) is 27.6 Å². The summed E-state index contributed by atoms with van der Waals surface area (Å²) in [6.45, 7) is 6.47. The Morgan fingerprint density at radius 3 is 2.87 bits per heavy atom. The number of hydrogen-bond acceptors (Lipinski definition) is 3. The molecule has 15 heavy (non-hydrogen) atoms. The van der Waals surface area contributed by atoms with Crippen molar-refractivity contribution in [1.29, 1.82) is 0 Å². The summed E-state index contributed by atoms with van der Waals surface area (Å²) in [4.78, 5) is 13.5. The zero-order chi connectivity index (χ0) is 11.6. The SMILES string of the molecule is C=C(C)CN(C)c1cnn(C)c(=O)c1Br. The molecule has 0 fully saturated rings. The number of likely N-dealkylation sites (N-methyl/N-ethyl adjacent to an activating group) is 1. The number of rotatable bonds is 3. The highest BCUT2D eigenvalue weighted by Gasteiger charge is 2.10. The molecule has 0 bridgehead atoms. The quantitative estimate of drug-likeness (QED) is 0.784. The van der Waals surface area contributed by atoms with Gasteiger partial charge in [-0.25, -0.2) is 4.68 Å². The van der Waals surface area contributed by atoms with Crippen LogP contribution < -0.4 is 10.5 Å². The van der Waals surface area contributed by atoms with E-state index in [1.807, 2.05) is 18.9 Å². The molecular formula is C10H14BrN3O. The molecule has 0 N–H and O–H groups in total. The van der Waals surface area contributed by atoms with Crippen LogP contribution in [0, 0.1) is 0 Å². The highest BCUT2D eigenvalue weighted by Crippen LogP contribution is 2.20. The minimum Gasteiger partial charge on any atom is -0.368 e. The van der Waals surface area contributed by atoms with Gasteiger partial charge >= 0.3 is 0 Å². The van der Waals surface area contributed by atoms with Crippen LogP contribution >= 0.6 is 15.9 Å². The number of nitrogens with zero attached hydrogens (tertiary/aromatic N) is 3. The first-order valence-electron chi connectivity index (χ1n) is 4.50. The first-order chi connectivity index (χ1) is 6.93. The second-order valence-electron chi connectivity index (χ2n) is 3.59. The Hall–Kier alpha value is -1.10. The molecule has 1 heterocycles. The topological polar surface area (TPSA) is 38.1 Å². The van der Waals surface area contributed by atoms with Crippen LogP contribution in [0.3, 0.4) is 0 Å². The fourth-order valence-corrected chi connectivity index (χ4v) is 1.92. The largest absolute Gasteiger partial charge is 0.368 e. The first kappa shape index (κ1) is 12.0. The van der Waals surface area contributed by atoms with Crippen molar-refractivity contribution in [2.75, 3.05) is 18.5 Å². The molecule has 1 aromatic heterocycles. The third-order valence-electron chi connectivity index (χ3n) is 1.98. The van der Waals surface area contributed by atoms with Crippen LogP contribution in [0.1, 0.15) is 6.92 Å². The van der Waals surface area contributed by atoms with Gasteiger partial charge in [0.25, 0.3) is 5.56 Å². The van der Waals surface area contributed by atoms with E-state index in [-0.39, 0.29) is 5.56 Å². The molecule has 0 atom stereocenters. The van der Waals surface area contributed by atoms with Crippen molar-refractivity contribution < 1.29 is 0 Å². The summed E-state index contributed by atoms with van der Waals surface area (Å²) in [5, 5.41) is 3.97. The van der Waals surface area contributed by atoms with E-state index in [4.69, 9.17) is 0 Å². The van der Waals surface area contributed by atoms with Crippen molar-refractivity contribution >= 4 is 21.6 Å². The van der Waals surface area contributed by atoms with Crippen molar-refractivity contribution in [2.45, 2.75) is 6.92 Å². The Labute approximate surface area is 97.3 Å². The fourth-order valence-electron chi connectivity index (χ4n) is 1.26. The summed E-state index contributed by atoms with van der Waals surface area (Å²) in [5.74, 6) is 0. The van der Waals surface area contributed by atoms with Crippen molar-refractivity contribution in [3.05, 3.63) is 33.2 Å². The third-order valence-corrected chi connectivity index (χ3v) is 2.72. The Balaban J connectivity index is 3.11. The van der Waals surface area contributed by atoms with Crippen LogP contribution in [0.4, 0.5) is 5.69 Å². The Bertz CT molecular complexity index is 439. The molecule has 0 aliphatic carbocycles. The van der Waals surface area contributed by atoms with E-state index >= 15 is 0 Å². The highest BCUT2D eigenvalue weighted by molar-refractivity contribution is 9.10. The van der Waals surface area contributed by atoms with Crippen LogP contribution in [-0.2, 0) is 7.05 Å². The molecule has 0 saturated carbocycles. The maximum absolute atomic E-state index is 11.6. The maximum Gasteiger partial charge on any atom is 0.282 e. The average Bonchev–Trinajstić information content (AvgIpc) is 2.13. The van der Waals surface area contributed by atoms with Gasteiger partial charge in [0, 0.05) is 20.6 Å². The van der Waals surface area contributed by atoms with Crippen LogP contribution in [0.15, 0.2) is 27.6 Å². The van der Waals surface area contributed by atoms with Gasteiger partial charge in [-0.05, 0) is 22.9 Å². The van der Waals surface area contributed by atoms with E-state index < -0.39 is 0 Å². The van der Waals surface area contributed by atoms with E-state index in [0.717, 1.165) is 11.3 Å². The molecule has 82 valence electrons. The number of halogens is 1. The van der Waals surface area contributed by atoms with E-state index in [1.54, 1.807) is 13.2 Å². The molecule has 0 radical (unpaired) electrons. The third kappa shape index (κ3) is 2.68. The average molecular weight is 272 g/mol. The summed E-state index contributed by atoms with van der Waals surface area (Å²) < 4.78 is 1.83. The molecule has 1 rings (SSSR count). The van der Waals surface area contributed by atoms with Gasteiger partial charge in [-0.15, -0.1) is 0 Å². The molecule has 0 unspecified atom stereocenters. The van der Waals surface area contributed by atoms with E-state index in [1.165, 1.54) is 4.68 Å².